The molecule has 0 spiro atoms. The van der Waals surface area contributed by atoms with Crippen LogP contribution in [0.3, 0.4) is 0 Å². The second-order valence-corrected chi connectivity index (χ2v) is 5.84. The number of amides is 1. The van der Waals surface area contributed by atoms with Crippen LogP contribution < -0.4 is 15.2 Å². The number of hydrogen-bond acceptors (Lipinski definition) is 4. The number of nitrogens with two attached hydrogens (primary N) is 1. The number of carbonyl (C=O) groups excluding carboxylic acids is 1. The number of benzene rings is 2. The average molecular weight is 393 g/mol. The molecule has 1 amide bonds. The van der Waals surface area contributed by atoms with Gasteiger partial charge in [-0.2, -0.15) is 0 Å². The molecule has 0 saturated heterocycles. The summed E-state index contributed by atoms with van der Waals surface area (Å²) >= 11 is 0. The molecule has 0 aliphatic heterocycles. The first-order chi connectivity index (χ1) is 12.7. The van der Waals surface area contributed by atoms with Gasteiger partial charge in [-0.1, -0.05) is 30.3 Å². The quantitative estimate of drug-likeness (QED) is 0.671. The maximum absolute atomic E-state index is 13.0. The van der Waals surface area contributed by atoms with Crippen LogP contribution in [-0.2, 0) is 6.42 Å². The molecule has 148 valence electrons. The molecular weight excluding hydrogens is 364 g/mol. The fourth-order valence-electron chi connectivity index (χ4n) is 2.75. The van der Waals surface area contributed by atoms with E-state index in [4.69, 9.17) is 15.2 Å². The van der Waals surface area contributed by atoms with Crippen LogP contribution in [0.5, 0.6) is 11.5 Å². The van der Waals surface area contributed by atoms with Crippen LogP contribution in [0.1, 0.15) is 29.8 Å². The van der Waals surface area contributed by atoms with Crippen LogP contribution in [0.2, 0.25) is 0 Å². The first-order valence-corrected chi connectivity index (χ1v) is 9.12. The molecule has 2 aromatic carbocycles. The lowest BCUT2D eigenvalue weighted by Gasteiger charge is -2.23. The Balaban J connectivity index is 0.00000364. The highest BCUT2D eigenvalue weighted by molar-refractivity contribution is 5.95. The fourth-order valence-corrected chi connectivity index (χ4v) is 2.75. The van der Waals surface area contributed by atoms with E-state index in [0.29, 0.717) is 49.9 Å². The van der Waals surface area contributed by atoms with Gasteiger partial charge in [0.05, 0.1) is 13.2 Å². The van der Waals surface area contributed by atoms with Crippen molar-refractivity contribution in [3.05, 3.63) is 59.7 Å². The van der Waals surface area contributed by atoms with Gasteiger partial charge >= 0.3 is 0 Å². The number of rotatable bonds is 10. The van der Waals surface area contributed by atoms with E-state index in [2.05, 4.69) is 12.1 Å². The summed E-state index contributed by atoms with van der Waals surface area (Å²) in [5.41, 5.74) is 7.50. The lowest BCUT2D eigenvalue weighted by Crippen LogP contribution is -2.37. The van der Waals surface area contributed by atoms with Gasteiger partial charge in [0.15, 0.2) is 11.5 Å². The largest absolute Gasteiger partial charge is 0.490 e. The van der Waals surface area contributed by atoms with E-state index in [1.165, 1.54) is 5.56 Å². The molecule has 2 rings (SSSR count). The summed E-state index contributed by atoms with van der Waals surface area (Å²) in [5, 5.41) is 0. The van der Waals surface area contributed by atoms with Crippen molar-refractivity contribution >= 4 is 18.3 Å². The van der Waals surface area contributed by atoms with Crippen LogP contribution in [0, 0.1) is 0 Å². The Kier molecular flexibility index (Phi) is 10.3. The summed E-state index contributed by atoms with van der Waals surface area (Å²) in [7, 11) is 0. The van der Waals surface area contributed by atoms with Gasteiger partial charge in [0.1, 0.15) is 0 Å². The molecule has 27 heavy (non-hydrogen) atoms. The van der Waals surface area contributed by atoms with E-state index in [0.717, 1.165) is 6.42 Å². The minimum Gasteiger partial charge on any atom is -0.490 e. The van der Waals surface area contributed by atoms with E-state index in [9.17, 15) is 4.79 Å². The number of nitrogens with zero attached hydrogens (tertiary/aromatic N) is 1. The molecule has 0 fully saturated rings. The van der Waals surface area contributed by atoms with Crippen molar-refractivity contribution in [3.63, 3.8) is 0 Å². The monoisotopic (exact) mass is 392 g/mol. The molecule has 0 aliphatic carbocycles. The average Bonchev–Trinajstić information content (AvgIpc) is 2.67. The molecule has 0 saturated carbocycles. The van der Waals surface area contributed by atoms with Crippen LogP contribution >= 0.6 is 12.4 Å². The Hall–Kier alpha value is -2.24. The summed E-state index contributed by atoms with van der Waals surface area (Å²) in [6.45, 7) is 6.45. The molecule has 6 heteroatoms. The molecule has 0 bridgehead atoms. The molecule has 2 N–H and O–H groups in total. The van der Waals surface area contributed by atoms with Crippen LogP contribution in [-0.4, -0.2) is 43.7 Å². The third-order valence-corrected chi connectivity index (χ3v) is 3.99. The predicted octanol–water partition coefficient (Wildman–Crippen LogP) is 3.55. The van der Waals surface area contributed by atoms with E-state index in [1.807, 2.05) is 32.0 Å². The first kappa shape index (κ1) is 22.8. The summed E-state index contributed by atoms with van der Waals surface area (Å²) in [6, 6.07) is 15.5. The van der Waals surface area contributed by atoms with Gasteiger partial charge in [-0.25, -0.2) is 0 Å². The summed E-state index contributed by atoms with van der Waals surface area (Å²) < 4.78 is 11.2. The van der Waals surface area contributed by atoms with Crippen LogP contribution in [0.25, 0.3) is 0 Å². The van der Waals surface area contributed by atoms with E-state index >= 15 is 0 Å². The van der Waals surface area contributed by atoms with Crippen molar-refractivity contribution in [2.75, 3.05) is 32.8 Å². The molecule has 0 aromatic heterocycles. The molecule has 0 radical (unpaired) electrons. The third kappa shape index (κ3) is 6.77. The summed E-state index contributed by atoms with van der Waals surface area (Å²) in [4.78, 5) is 14.7. The van der Waals surface area contributed by atoms with Crippen molar-refractivity contribution in [2.45, 2.75) is 20.3 Å². The van der Waals surface area contributed by atoms with Gasteiger partial charge in [0, 0.05) is 25.2 Å². The second-order valence-electron chi connectivity index (χ2n) is 5.84. The molecule has 2 aromatic rings. The van der Waals surface area contributed by atoms with Crippen molar-refractivity contribution in [3.8, 4) is 11.5 Å². The highest BCUT2D eigenvalue weighted by Crippen LogP contribution is 2.29. The highest BCUT2D eigenvalue weighted by atomic mass is 35.5. The number of halogens is 1. The minimum atomic E-state index is -0.0459. The van der Waals surface area contributed by atoms with Crippen molar-refractivity contribution in [1.29, 1.82) is 0 Å². The standard InChI is InChI=1S/C21H28N2O3.ClH/c1-3-25-19-11-10-18(16-20(19)26-4-2)21(24)23(15-13-22)14-12-17-8-6-5-7-9-17;/h5-11,16H,3-4,12-15,22H2,1-2H3;1H. The van der Waals surface area contributed by atoms with Gasteiger partial charge in [0.2, 0.25) is 0 Å². The SMILES string of the molecule is CCOc1ccc(C(=O)N(CCN)CCc2ccccc2)cc1OCC.Cl. The van der Waals surface area contributed by atoms with Crippen molar-refractivity contribution in [1.82, 2.24) is 4.90 Å². The van der Waals surface area contributed by atoms with E-state index in [-0.39, 0.29) is 18.3 Å². The zero-order chi connectivity index (χ0) is 18.8. The molecule has 0 unspecified atom stereocenters. The Labute approximate surface area is 167 Å². The van der Waals surface area contributed by atoms with Gasteiger partial charge in [-0.3, -0.25) is 4.79 Å². The Morgan fingerprint density at radius 1 is 0.963 bits per heavy atom. The summed E-state index contributed by atoms with van der Waals surface area (Å²) in [6.07, 6.45) is 0.794. The van der Waals surface area contributed by atoms with Crippen molar-refractivity contribution < 1.29 is 14.3 Å². The Morgan fingerprint density at radius 3 is 2.26 bits per heavy atom. The Morgan fingerprint density at radius 2 is 1.63 bits per heavy atom. The maximum atomic E-state index is 13.0. The fraction of sp³-hybridized carbons (Fsp3) is 0.381. The molecular formula is C21H29ClN2O3. The van der Waals surface area contributed by atoms with Crippen LogP contribution in [0.4, 0.5) is 0 Å². The van der Waals surface area contributed by atoms with Crippen molar-refractivity contribution in [2.24, 2.45) is 5.73 Å². The smallest absolute Gasteiger partial charge is 0.254 e. The normalized spacial score (nSPS) is 10.0. The number of carbonyl (C=O) groups is 1. The minimum absolute atomic E-state index is 0. The van der Waals surface area contributed by atoms with Crippen LogP contribution in [0.15, 0.2) is 48.5 Å². The lowest BCUT2D eigenvalue weighted by atomic mass is 10.1. The van der Waals surface area contributed by atoms with Gasteiger partial charge in [-0.15, -0.1) is 12.4 Å². The molecule has 0 heterocycles. The number of ether oxygens (including phenoxy) is 2. The van der Waals surface area contributed by atoms with Gasteiger partial charge < -0.3 is 20.1 Å². The summed E-state index contributed by atoms with van der Waals surface area (Å²) in [5.74, 6) is 1.20. The third-order valence-electron chi connectivity index (χ3n) is 3.99. The number of hydrogen-bond donors (Lipinski definition) is 1. The van der Waals surface area contributed by atoms with E-state index in [1.54, 1.807) is 23.1 Å². The topological polar surface area (TPSA) is 64.8 Å². The first-order valence-electron chi connectivity index (χ1n) is 9.12. The van der Waals surface area contributed by atoms with Gasteiger partial charge in [-0.05, 0) is 44.0 Å². The Bertz CT molecular complexity index is 695. The van der Waals surface area contributed by atoms with E-state index < -0.39 is 0 Å². The maximum Gasteiger partial charge on any atom is 0.254 e. The second kappa shape index (κ2) is 12.2. The molecule has 0 atom stereocenters. The predicted molar refractivity (Wildman–Crippen MR) is 111 cm³/mol. The molecule has 5 nitrogen and oxygen atoms in total. The zero-order valence-electron chi connectivity index (χ0n) is 16.0. The lowest BCUT2D eigenvalue weighted by molar-refractivity contribution is 0.0761. The van der Waals surface area contributed by atoms with Gasteiger partial charge in [0.25, 0.3) is 5.91 Å². The highest BCUT2D eigenvalue weighted by Gasteiger charge is 2.17. The zero-order valence-corrected chi connectivity index (χ0v) is 16.8. The molecule has 0 aliphatic rings.